The zero-order valence-electron chi connectivity index (χ0n) is 19.0. The number of aromatic nitrogens is 2. The SMILES string of the molecule is COCCN1CCc2nc(C(=O)N[C@H]3CCC[C@@H]3NC(=O)c3cc4cc(Cl)ccc4[nH]3)sc2C1. The van der Waals surface area contributed by atoms with Crippen LogP contribution >= 0.6 is 22.9 Å². The molecule has 10 heteroatoms. The van der Waals surface area contributed by atoms with Gasteiger partial charge in [0.15, 0.2) is 5.01 Å². The molecule has 2 atom stereocenters. The summed E-state index contributed by atoms with van der Waals surface area (Å²) in [7, 11) is 1.71. The van der Waals surface area contributed by atoms with E-state index in [1.165, 1.54) is 11.3 Å². The summed E-state index contributed by atoms with van der Waals surface area (Å²) in [5, 5.41) is 8.24. The zero-order valence-corrected chi connectivity index (χ0v) is 20.6. The maximum atomic E-state index is 13.0. The molecule has 0 spiro atoms. The number of nitrogens with one attached hydrogen (secondary N) is 3. The number of nitrogens with zero attached hydrogens (tertiary/aromatic N) is 2. The number of fused-ring (bicyclic) bond motifs is 2. The minimum absolute atomic E-state index is 0.116. The van der Waals surface area contributed by atoms with Crippen molar-refractivity contribution < 1.29 is 14.3 Å². The monoisotopic (exact) mass is 501 g/mol. The Bertz CT molecular complexity index is 1210. The molecule has 5 rings (SSSR count). The van der Waals surface area contributed by atoms with E-state index in [9.17, 15) is 9.59 Å². The van der Waals surface area contributed by atoms with Crippen molar-refractivity contribution in [2.45, 2.75) is 44.3 Å². The molecule has 1 aliphatic heterocycles. The molecule has 1 saturated carbocycles. The van der Waals surface area contributed by atoms with E-state index in [4.69, 9.17) is 16.3 Å². The molecule has 1 aromatic carbocycles. The lowest BCUT2D eigenvalue weighted by atomic mass is 10.1. The van der Waals surface area contributed by atoms with Gasteiger partial charge in [-0.05, 0) is 43.5 Å². The van der Waals surface area contributed by atoms with Gasteiger partial charge in [0.25, 0.3) is 11.8 Å². The van der Waals surface area contributed by atoms with Crippen molar-refractivity contribution in [2.24, 2.45) is 0 Å². The molecule has 2 amide bonds. The predicted octanol–water partition coefficient (Wildman–Crippen LogP) is 3.36. The topological polar surface area (TPSA) is 99.3 Å². The van der Waals surface area contributed by atoms with Crippen LogP contribution in [0, 0.1) is 0 Å². The van der Waals surface area contributed by atoms with Crippen LogP contribution in [0.5, 0.6) is 0 Å². The third-order valence-corrected chi connectivity index (χ3v) is 7.91. The lowest BCUT2D eigenvalue weighted by molar-refractivity contribution is 0.0889. The quantitative estimate of drug-likeness (QED) is 0.461. The number of rotatable bonds is 7. The van der Waals surface area contributed by atoms with Crippen LogP contribution in [-0.2, 0) is 17.7 Å². The molecule has 8 nitrogen and oxygen atoms in total. The number of benzene rings is 1. The van der Waals surface area contributed by atoms with Crippen molar-refractivity contribution in [3.63, 3.8) is 0 Å². The summed E-state index contributed by atoms with van der Waals surface area (Å²) in [6.45, 7) is 3.31. The predicted molar refractivity (Wildman–Crippen MR) is 133 cm³/mol. The molecule has 2 aliphatic rings. The smallest absolute Gasteiger partial charge is 0.280 e. The molecule has 0 unspecified atom stereocenters. The van der Waals surface area contributed by atoms with E-state index in [2.05, 4.69) is 25.5 Å². The molecular formula is C24H28ClN5O3S. The van der Waals surface area contributed by atoms with E-state index in [-0.39, 0.29) is 23.9 Å². The number of halogens is 1. The van der Waals surface area contributed by atoms with E-state index >= 15 is 0 Å². The van der Waals surface area contributed by atoms with Crippen LogP contribution in [0.1, 0.15) is 50.1 Å². The lowest BCUT2D eigenvalue weighted by Gasteiger charge is -2.25. The average molecular weight is 502 g/mol. The third-order valence-electron chi connectivity index (χ3n) is 6.59. The first kappa shape index (κ1) is 23.3. The van der Waals surface area contributed by atoms with Crippen molar-refractivity contribution in [1.29, 1.82) is 0 Å². The summed E-state index contributed by atoms with van der Waals surface area (Å²) < 4.78 is 5.18. The average Bonchev–Trinajstić information content (AvgIpc) is 3.55. The second-order valence-corrected chi connectivity index (χ2v) is 10.4. The number of hydrogen-bond acceptors (Lipinski definition) is 6. The zero-order chi connectivity index (χ0) is 23.7. The van der Waals surface area contributed by atoms with Crippen molar-refractivity contribution in [3.8, 4) is 0 Å². The van der Waals surface area contributed by atoms with Crippen molar-refractivity contribution in [1.82, 2.24) is 25.5 Å². The summed E-state index contributed by atoms with van der Waals surface area (Å²) in [6.07, 6.45) is 3.45. The molecule has 2 aromatic heterocycles. The van der Waals surface area contributed by atoms with Gasteiger partial charge in [0.1, 0.15) is 5.69 Å². The maximum Gasteiger partial charge on any atom is 0.280 e. The first-order valence-electron chi connectivity index (χ1n) is 11.6. The number of H-pyrrole nitrogens is 1. The maximum absolute atomic E-state index is 13.0. The second-order valence-electron chi connectivity index (χ2n) is 8.91. The van der Waals surface area contributed by atoms with Gasteiger partial charge in [0, 0.05) is 66.1 Å². The van der Waals surface area contributed by atoms with Crippen LogP contribution < -0.4 is 10.6 Å². The molecule has 0 bridgehead atoms. The Labute approximate surface area is 207 Å². The summed E-state index contributed by atoms with van der Waals surface area (Å²) in [5.41, 5.74) is 2.37. The standard InChI is InChI=1S/C24H28ClN5O3S/c1-33-10-9-30-8-7-19-21(13-30)34-24(29-19)23(32)28-18-4-2-3-17(18)27-22(31)20-12-14-11-15(25)5-6-16(14)26-20/h5-6,11-12,17-18,26H,2-4,7-10,13H2,1H3,(H,27,31)(H,28,32)/t17-,18-/m0/s1. The van der Waals surface area contributed by atoms with Gasteiger partial charge < -0.3 is 20.4 Å². The van der Waals surface area contributed by atoms with Crippen LogP contribution in [0.15, 0.2) is 24.3 Å². The van der Waals surface area contributed by atoms with E-state index in [0.717, 1.165) is 66.8 Å². The first-order valence-corrected chi connectivity index (χ1v) is 12.8. The van der Waals surface area contributed by atoms with Crippen molar-refractivity contribution >= 4 is 45.7 Å². The fourth-order valence-corrected chi connectivity index (χ4v) is 6.00. The number of thiazole rings is 1. The van der Waals surface area contributed by atoms with E-state index in [1.54, 1.807) is 19.2 Å². The normalized spacial score (nSPS) is 20.4. The Hall–Kier alpha value is -2.46. The molecule has 0 saturated heterocycles. The highest BCUT2D eigenvalue weighted by Crippen LogP contribution is 2.26. The van der Waals surface area contributed by atoms with Crippen LogP contribution in [0.25, 0.3) is 10.9 Å². The summed E-state index contributed by atoms with van der Waals surface area (Å²) in [6, 6.07) is 7.04. The van der Waals surface area contributed by atoms with Crippen LogP contribution in [0.4, 0.5) is 0 Å². The minimum Gasteiger partial charge on any atom is -0.383 e. The van der Waals surface area contributed by atoms with Gasteiger partial charge in [-0.15, -0.1) is 11.3 Å². The minimum atomic E-state index is -0.181. The molecule has 3 heterocycles. The molecule has 180 valence electrons. The molecule has 1 fully saturated rings. The highest BCUT2D eigenvalue weighted by atomic mass is 35.5. The molecule has 0 radical (unpaired) electrons. The first-order chi connectivity index (χ1) is 16.5. The Morgan fingerprint density at radius 1 is 1.24 bits per heavy atom. The van der Waals surface area contributed by atoms with Crippen LogP contribution in [0.3, 0.4) is 0 Å². The van der Waals surface area contributed by atoms with Crippen LogP contribution in [0.2, 0.25) is 5.02 Å². The molecule has 1 aliphatic carbocycles. The number of ether oxygens (including phenoxy) is 1. The highest BCUT2D eigenvalue weighted by molar-refractivity contribution is 7.13. The largest absolute Gasteiger partial charge is 0.383 e. The van der Waals surface area contributed by atoms with E-state index in [0.29, 0.717) is 22.3 Å². The van der Waals surface area contributed by atoms with Crippen molar-refractivity contribution in [2.75, 3.05) is 26.8 Å². The Morgan fingerprint density at radius 3 is 2.82 bits per heavy atom. The number of aromatic amines is 1. The second kappa shape index (κ2) is 10.0. The van der Waals surface area contributed by atoms with Gasteiger partial charge in [0.2, 0.25) is 0 Å². The van der Waals surface area contributed by atoms with Gasteiger partial charge in [0.05, 0.1) is 12.3 Å². The lowest BCUT2D eigenvalue weighted by Crippen LogP contribution is -2.48. The van der Waals surface area contributed by atoms with Gasteiger partial charge in [-0.2, -0.15) is 0 Å². The number of amides is 2. The number of carbonyl (C=O) groups excluding carboxylic acids is 2. The van der Waals surface area contributed by atoms with Gasteiger partial charge in [-0.1, -0.05) is 11.6 Å². The molecule has 34 heavy (non-hydrogen) atoms. The highest BCUT2D eigenvalue weighted by Gasteiger charge is 2.32. The number of hydrogen-bond donors (Lipinski definition) is 3. The summed E-state index contributed by atoms with van der Waals surface area (Å²) >= 11 is 7.53. The van der Waals surface area contributed by atoms with Gasteiger partial charge in [-0.25, -0.2) is 4.98 Å². The molecule has 3 aromatic rings. The van der Waals surface area contributed by atoms with Crippen LogP contribution in [-0.4, -0.2) is 65.6 Å². The van der Waals surface area contributed by atoms with Gasteiger partial charge in [-0.3, -0.25) is 14.5 Å². The van der Waals surface area contributed by atoms with Crippen molar-refractivity contribution in [3.05, 3.63) is 50.6 Å². The fourth-order valence-electron chi connectivity index (χ4n) is 4.76. The van der Waals surface area contributed by atoms with E-state index < -0.39 is 0 Å². The summed E-state index contributed by atoms with van der Waals surface area (Å²) in [4.78, 5) is 37.1. The Balaban J connectivity index is 1.21. The van der Waals surface area contributed by atoms with E-state index in [1.807, 2.05) is 12.1 Å². The Morgan fingerprint density at radius 2 is 2.03 bits per heavy atom. The Kier molecular flexibility index (Phi) is 6.87. The fraction of sp³-hybridized carbons (Fsp3) is 0.458. The molecular weight excluding hydrogens is 474 g/mol. The van der Waals surface area contributed by atoms with Gasteiger partial charge >= 0.3 is 0 Å². The number of carbonyl (C=O) groups is 2. The molecule has 3 N–H and O–H groups in total. The third kappa shape index (κ3) is 4.98. The number of methoxy groups -OCH3 is 1. The summed E-state index contributed by atoms with van der Waals surface area (Å²) in [5.74, 6) is -0.339.